The number of aromatic nitrogens is 1. The highest BCUT2D eigenvalue weighted by atomic mass is 14.7. The summed E-state index contributed by atoms with van der Waals surface area (Å²) >= 11 is 0. The summed E-state index contributed by atoms with van der Waals surface area (Å²) in [5.41, 5.74) is 12.4. The minimum absolute atomic E-state index is 0.749. The monoisotopic (exact) mass is 212 g/mol. The third-order valence-corrected chi connectivity index (χ3v) is 3.04. The van der Waals surface area contributed by atoms with E-state index in [1.54, 1.807) is 0 Å². The Morgan fingerprint density at radius 2 is 1.88 bits per heavy atom. The molecule has 2 aromatic rings. The lowest BCUT2D eigenvalue weighted by Gasteiger charge is -2.09. The van der Waals surface area contributed by atoms with Gasteiger partial charge < -0.3 is 5.73 Å². The van der Waals surface area contributed by atoms with Crippen LogP contribution in [0.2, 0.25) is 0 Å². The van der Waals surface area contributed by atoms with E-state index in [0.29, 0.717) is 0 Å². The van der Waals surface area contributed by atoms with Crippen molar-refractivity contribution in [2.75, 3.05) is 5.73 Å². The van der Waals surface area contributed by atoms with Gasteiger partial charge in [-0.25, -0.2) is 0 Å². The average molecular weight is 212 g/mol. The standard InChI is InChI=1S/C14H16N2/c1-9-5-4-6-13(10(9)2)12-7-14(15)11(3)16-8-12/h4-8H,15H2,1-3H3. The first-order valence-electron chi connectivity index (χ1n) is 5.38. The van der Waals surface area contributed by atoms with Gasteiger partial charge in [-0.05, 0) is 43.5 Å². The van der Waals surface area contributed by atoms with E-state index in [9.17, 15) is 0 Å². The average Bonchev–Trinajstić information content (AvgIpc) is 2.26. The van der Waals surface area contributed by atoms with Gasteiger partial charge >= 0.3 is 0 Å². The first kappa shape index (κ1) is 10.7. The van der Waals surface area contributed by atoms with Gasteiger partial charge in [0.2, 0.25) is 0 Å². The van der Waals surface area contributed by atoms with Gasteiger partial charge in [0.25, 0.3) is 0 Å². The Balaban J connectivity index is 2.59. The second-order valence-corrected chi connectivity index (χ2v) is 4.15. The normalized spacial score (nSPS) is 10.4. The van der Waals surface area contributed by atoms with Crippen LogP contribution in [0, 0.1) is 20.8 Å². The molecule has 2 rings (SSSR count). The number of rotatable bonds is 1. The molecule has 1 heterocycles. The van der Waals surface area contributed by atoms with Crippen LogP contribution in [0.4, 0.5) is 5.69 Å². The highest BCUT2D eigenvalue weighted by Gasteiger charge is 2.05. The zero-order valence-corrected chi connectivity index (χ0v) is 9.91. The van der Waals surface area contributed by atoms with Crippen LogP contribution in [0.15, 0.2) is 30.5 Å². The number of benzene rings is 1. The Morgan fingerprint density at radius 3 is 2.56 bits per heavy atom. The molecule has 0 spiro atoms. The third-order valence-electron chi connectivity index (χ3n) is 3.04. The number of nitrogens with two attached hydrogens (primary N) is 1. The molecule has 0 aliphatic carbocycles. The predicted octanol–water partition coefficient (Wildman–Crippen LogP) is 3.26. The maximum Gasteiger partial charge on any atom is 0.0602 e. The summed E-state index contributed by atoms with van der Waals surface area (Å²) in [6.45, 7) is 6.16. The molecule has 16 heavy (non-hydrogen) atoms. The molecule has 0 saturated carbocycles. The Bertz CT molecular complexity index is 530. The van der Waals surface area contributed by atoms with Gasteiger partial charge in [-0.15, -0.1) is 0 Å². The molecule has 0 unspecified atom stereocenters. The molecular weight excluding hydrogens is 196 g/mol. The summed E-state index contributed by atoms with van der Waals surface area (Å²) in [5.74, 6) is 0. The van der Waals surface area contributed by atoms with Crippen molar-refractivity contribution >= 4 is 5.69 Å². The van der Waals surface area contributed by atoms with Crippen molar-refractivity contribution in [3.05, 3.63) is 47.3 Å². The molecule has 0 radical (unpaired) electrons. The van der Waals surface area contributed by atoms with Gasteiger partial charge in [-0.1, -0.05) is 18.2 Å². The summed E-state index contributed by atoms with van der Waals surface area (Å²) in [6.07, 6.45) is 1.88. The fourth-order valence-corrected chi connectivity index (χ4v) is 1.76. The van der Waals surface area contributed by atoms with E-state index in [0.717, 1.165) is 16.9 Å². The molecule has 0 aliphatic rings. The van der Waals surface area contributed by atoms with Crippen LogP contribution in [0.5, 0.6) is 0 Å². The van der Waals surface area contributed by atoms with E-state index in [1.165, 1.54) is 16.7 Å². The topological polar surface area (TPSA) is 38.9 Å². The molecule has 0 fully saturated rings. The van der Waals surface area contributed by atoms with Gasteiger partial charge in [0, 0.05) is 11.8 Å². The molecule has 0 amide bonds. The van der Waals surface area contributed by atoms with Gasteiger partial charge in [-0.3, -0.25) is 4.98 Å². The van der Waals surface area contributed by atoms with Crippen molar-refractivity contribution in [3.8, 4) is 11.1 Å². The molecule has 0 saturated heterocycles. The van der Waals surface area contributed by atoms with Crippen LogP contribution < -0.4 is 5.73 Å². The van der Waals surface area contributed by atoms with E-state index in [2.05, 4.69) is 37.0 Å². The molecular formula is C14H16N2. The Morgan fingerprint density at radius 1 is 1.12 bits per heavy atom. The SMILES string of the molecule is Cc1cccc(-c2cnc(C)c(N)c2)c1C. The maximum absolute atomic E-state index is 5.88. The fourth-order valence-electron chi connectivity index (χ4n) is 1.76. The summed E-state index contributed by atoms with van der Waals surface area (Å²) in [6, 6.07) is 8.27. The predicted molar refractivity (Wildman–Crippen MR) is 68.3 cm³/mol. The number of aryl methyl sites for hydroxylation is 2. The van der Waals surface area contributed by atoms with E-state index < -0.39 is 0 Å². The van der Waals surface area contributed by atoms with Crippen molar-refractivity contribution in [2.45, 2.75) is 20.8 Å². The lowest BCUT2D eigenvalue weighted by molar-refractivity contribution is 1.20. The number of nitrogens with zero attached hydrogens (tertiary/aromatic N) is 1. The number of anilines is 1. The van der Waals surface area contributed by atoms with Gasteiger partial charge in [0.15, 0.2) is 0 Å². The highest BCUT2D eigenvalue weighted by molar-refractivity contribution is 5.70. The zero-order chi connectivity index (χ0) is 11.7. The molecule has 1 aromatic carbocycles. The highest BCUT2D eigenvalue weighted by Crippen LogP contribution is 2.26. The van der Waals surface area contributed by atoms with Crippen molar-refractivity contribution in [1.29, 1.82) is 0 Å². The van der Waals surface area contributed by atoms with Crippen LogP contribution >= 0.6 is 0 Å². The minimum Gasteiger partial charge on any atom is -0.397 e. The molecule has 2 heteroatoms. The van der Waals surface area contributed by atoms with Crippen LogP contribution in [-0.4, -0.2) is 4.98 Å². The van der Waals surface area contributed by atoms with Crippen molar-refractivity contribution in [2.24, 2.45) is 0 Å². The van der Waals surface area contributed by atoms with E-state index >= 15 is 0 Å². The summed E-state index contributed by atoms with van der Waals surface area (Å²) in [7, 11) is 0. The van der Waals surface area contributed by atoms with Crippen LogP contribution in [0.25, 0.3) is 11.1 Å². The van der Waals surface area contributed by atoms with Gasteiger partial charge in [-0.2, -0.15) is 0 Å². The van der Waals surface area contributed by atoms with Crippen molar-refractivity contribution in [3.63, 3.8) is 0 Å². The molecule has 2 N–H and O–H groups in total. The first-order chi connectivity index (χ1) is 7.59. The summed E-state index contributed by atoms with van der Waals surface area (Å²) in [5, 5.41) is 0. The number of hydrogen-bond donors (Lipinski definition) is 1. The quantitative estimate of drug-likeness (QED) is 0.788. The Kier molecular flexibility index (Phi) is 2.65. The second kappa shape index (κ2) is 3.97. The lowest BCUT2D eigenvalue weighted by atomic mass is 9.98. The van der Waals surface area contributed by atoms with E-state index in [1.807, 2.05) is 19.2 Å². The largest absolute Gasteiger partial charge is 0.397 e. The first-order valence-corrected chi connectivity index (χ1v) is 5.38. The number of nitrogen functional groups attached to an aromatic ring is 1. The lowest BCUT2D eigenvalue weighted by Crippen LogP contribution is -1.94. The molecule has 0 atom stereocenters. The Hall–Kier alpha value is -1.83. The molecule has 2 nitrogen and oxygen atoms in total. The van der Waals surface area contributed by atoms with Crippen LogP contribution in [0.3, 0.4) is 0 Å². The van der Waals surface area contributed by atoms with Crippen molar-refractivity contribution < 1.29 is 0 Å². The van der Waals surface area contributed by atoms with Crippen LogP contribution in [0.1, 0.15) is 16.8 Å². The van der Waals surface area contributed by atoms with Crippen LogP contribution in [-0.2, 0) is 0 Å². The fraction of sp³-hybridized carbons (Fsp3) is 0.214. The Labute approximate surface area is 96.1 Å². The van der Waals surface area contributed by atoms with Crippen molar-refractivity contribution in [1.82, 2.24) is 4.98 Å². The second-order valence-electron chi connectivity index (χ2n) is 4.15. The van der Waals surface area contributed by atoms with E-state index in [4.69, 9.17) is 5.73 Å². The summed E-state index contributed by atoms with van der Waals surface area (Å²) < 4.78 is 0. The minimum atomic E-state index is 0.749. The number of hydrogen-bond acceptors (Lipinski definition) is 2. The van der Waals surface area contributed by atoms with Gasteiger partial charge in [0.05, 0.1) is 11.4 Å². The summed E-state index contributed by atoms with van der Waals surface area (Å²) in [4.78, 5) is 4.30. The zero-order valence-electron chi connectivity index (χ0n) is 9.91. The molecule has 0 bridgehead atoms. The molecule has 1 aromatic heterocycles. The number of pyridine rings is 1. The third kappa shape index (κ3) is 1.78. The van der Waals surface area contributed by atoms with E-state index in [-0.39, 0.29) is 0 Å². The molecule has 0 aliphatic heterocycles. The molecule has 82 valence electrons. The maximum atomic E-state index is 5.88. The smallest absolute Gasteiger partial charge is 0.0602 e. The van der Waals surface area contributed by atoms with Gasteiger partial charge in [0.1, 0.15) is 0 Å².